The van der Waals surface area contributed by atoms with Crippen molar-refractivity contribution in [3.63, 3.8) is 0 Å². The van der Waals surface area contributed by atoms with E-state index in [-0.39, 0.29) is 5.56 Å². The Morgan fingerprint density at radius 2 is 1.42 bits per heavy atom. The van der Waals surface area contributed by atoms with E-state index in [4.69, 9.17) is 5.73 Å². The lowest BCUT2D eigenvalue weighted by Crippen LogP contribution is -2.19. The summed E-state index contributed by atoms with van der Waals surface area (Å²) in [6.07, 6.45) is -5.08. The van der Waals surface area contributed by atoms with Crippen LogP contribution in [0, 0.1) is 18.6 Å². The van der Waals surface area contributed by atoms with E-state index in [1.165, 1.54) is 0 Å². The van der Waals surface area contributed by atoms with Gasteiger partial charge in [0.25, 0.3) is 0 Å². The van der Waals surface area contributed by atoms with Crippen molar-refractivity contribution in [1.29, 1.82) is 0 Å². The molecule has 0 fully saturated rings. The zero-order chi connectivity index (χ0) is 15.8. The summed E-state index contributed by atoms with van der Waals surface area (Å²) in [4.78, 5) is 0. The zero-order valence-electron chi connectivity index (χ0n) is 11.5. The smallest absolute Gasteiger partial charge is 0.402 e. The maximum absolute atomic E-state index is 13.0. The normalized spacial score (nSPS) is 9.79. The van der Waals surface area contributed by atoms with E-state index >= 15 is 0 Å². The second-order valence-corrected chi connectivity index (χ2v) is 2.79. The van der Waals surface area contributed by atoms with Crippen molar-refractivity contribution in [3.05, 3.63) is 23.3 Å². The second-order valence-electron chi connectivity index (χ2n) is 2.79. The molecule has 2 N–H and O–H groups in total. The Labute approximate surface area is 109 Å². The number of benzene rings is 1. The van der Waals surface area contributed by atoms with Crippen LogP contribution in [0.25, 0.3) is 0 Å². The van der Waals surface area contributed by atoms with Gasteiger partial charge >= 0.3 is 6.36 Å². The van der Waals surface area contributed by atoms with Crippen molar-refractivity contribution in [3.8, 4) is 5.75 Å². The minimum Gasteiger partial charge on any atom is -0.402 e. The van der Waals surface area contributed by atoms with Crippen LogP contribution < -0.4 is 10.5 Å². The molecule has 0 aromatic heterocycles. The molecule has 2 nitrogen and oxygen atoms in total. The molecule has 0 aliphatic heterocycles. The van der Waals surface area contributed by atoms with Crippen LogP contribution in [0.15, 0.2) is 6.07 Å². The molecule has 0 atom stereocenters. The highest BCUT2D eigenvalue weighted by Crippen LogP contribution is 2.32. The number of aryl methyl sites for hydroxylation is 1. The summed E-state index contributed by atoms with van der Waals surface area (Å²) in [5, 5.41) is 0. The highest BCUT2D eigenvalue weighted by molar-refractivity contribution is 5.49. The molecule has 0 bridgehead atoms. The molecule has 1 rings (SSSR count). The van der Waals surface area contributed by atoms with Gasteiger partial charge in [-0.3, -0.25) is 0 Å². The third kappa shape index (κ3) is 6.26. The van der Waals surface area contributed by atoms with Crippen LogP contribution in [0.3, 0.4) is 0 Å². The van der Waals surface area contributed by atoms with Crippen molar-refractivity contribution in [1.82, 2.24) is 0 Å². The zero-order valence-corrected chi connectivity index (χ0v) is 11.5. The first-order chi connectivity index (χ1) is 8.72. The molecule has 0 heterocycles. The highest BCUT2D eigenvalue weighted by atomic mass is 19.4. The number of anilines is 1. The average molecular weight is 287 g/mol. The molecule has 0 spiro atoms. The largest absolute Gasteiger partial charge is 0.573 e. The van der Waals surface area contributed by atoms with Crippen molar-refractivity contribution < 1.29 is 26.7 Å². The molecular weight excluding hydrogens is 269 g/mol. The monoisotopic (exact) mass is 287 g/mol. The number of hydrogen-bond donors (Lipinski definition) is 1. The fourth-order valence-electron chi connectivity index (χ4n) is 1.00. The summed E-state index contributed by atoms with van der Waals surface area (Å²) in [5.41, 5.74) is 4.20. The minimum atomic E-state index is -5.08. The van der Waals surface area contributed by atoms with E-state index in [0.29, 0.717) is 0 Å². The Morgan fingerprint density at radius 3 is 1.79 bits per heavy atom. The minimum absolute atomic E-state index is 0.233. The Balaban J connectivity index is 0. The molecule has 0 aliphatic rings. The number of halogens is 5. The van der Waals surface area contributed by atoms with Crippen molar-refractivity contribution in [2.45, 2.75) is 41.0 Å². The summed E-state index contributed by atoms with van der Waals surface area (Å²) in [6.45, 7) is 9.12. The molecule has 0 amide bonds. The number of nitrogen functional groups attached to an aromatic ring is 1. The number of ether oxygens (including phenoxy) is 1. The maximum Gasteiger partial charge on any atom is 0.573 e. The molecule has 0 aliphatic carbocycles. The Bertz CT molecular complexity index is 391. The molecule has 0 saturated heterocycles. The van der Waals surface area contributed by atoms with Crippen molar-refractivity contribution in [2.24, 2.45) is 0 Å². The van der Waals surface area contributed by atoms with Crippen LogP contribution in [-0.2, 0) is 0 Å². The van der Waals surface area contributed by atoms with E-state index in [1.54, 1.807) is 0 Å². The quantitative estimate of drug-likeness (QED) is 0.594. The Morgan fingerprint density at radius 1 is 1.00 bits per heavy atom. The van der Waals surface area contributed by atoms with E-state index in [0.717, 1.165) is 13.0 Å². The van der Waals surface area contributed by atoms with Gasteiger partial charge in [0.15, 0.2) is 11.6 Å². The SMILES string of the molecule is CC.CC.Cc1cc(N)c(F)c(F)c1OC(F)(F)F. The van der Waals surface area contributed by atoms with Gasteiger partial charge in [-0.1, -0.05) is 27.7 Å². The fourth-order valence-corrected chi connectivity index (χ4v) is 1.00. The predicted molar refractivity (Wildman–Crippen MR) is 64.9 cm³/mol. The lowest BCUT2D eigenvalue weighted by molar-refractivity contribution is -0.275. The van der Waals surface area contributed by atoms with Gasteiger partial charge in [0.05, 0.1) is 5.69 Å². The van der Waals surface area contributed by atoms with Crippen LogP contribution in [0.1, 0.15) is 33.3 Å². The fraction of sp³-hybridized carbons (Fsp3) is 0.500. The molecule has 112 valence electrons. The van der Waals surface area contributed by atoms with E-state index in [1.807, 2.05) is 27.7 Å². The molecule has 0 saturated carbocycles. The van der Waals surface area contributed by atoms with Crippen LogP contribution in [0.5, 0.6) is 5.75 Å². The van der Waals surface area contributed by atoms with Gasteiger partial charge in [0, 0.05) is 0 Å². The topological polar surface area (TPSA) is 35.2 Å². The highest BCUT2D eigenvalue weighted by Gasteiger charge is 2.34. The first kappa shape index (κ1) is 19.8. The molecule has 0 unspecified atom stereocenters. The lowest BCUT2D eigenvalue weighted by Gasteiger charge is -2.13. The number of hydrogen-bond acceptors (Lipinski definition) is 2. The Hall–Kier alpha value is -1.53. The summed E-state index contributed by atoms with van der Waals surface area (Å²) in [7, 11) is 0. The van der Waals surface area contributed by atoms with Gasteiger partial charge in [0.1, 0.15) is 0 Å². The third-order valence-corrected chi connectivity index (χ3v) is 1.59. The van der Waals surface area contributed by atoms with Gasteiger partial charge < -0.3 is 10.5 Å². The Kier molecular flexibility index (Phi) is 8.91. The molecule has 0 radical (unpaired) electrons. The lowest BCUT2D eigenvalue weighted by atomic mass is 10.2. The van der Waals surface area contributed by atoms with Gasteiger partial charge in [-0.25, -0.2) is 4.39 Å². The summed E-state index contributed by atoms with van der Waals surface area (Å²) >= 11 is 0. The van der Waals surface area contributed by atoms with Crippen LogP contribution in [0.2, 0.25) is 0 Å². The standard InChI is InChI=1S/C8H6F5NO.2C2H6/c1-3-2-4(14)5(9)6(10)7(3)15-8(11,12)13;2*1-2/h2H,14H2,1H3;2*1-2H3. The number of nitrogens with two attached hydrogens (primary N) is 1. The van der Waals surface area contributed by atoms with Gasteiger partial charge in [-0.15, -0.1) is 13.2 Å². The van der Waals surface area contributed by atoms with Gasteiger partial charge in [-0.2, -0.15) is 4.39 Å². The summed E-state index contributed by atoms with van der Waals surface area (Å²) in [6, 6.07) is 0.861. The first-order valence-electron chi connectivity index (χ1n) is 5.72. The average Bonchev–Trinajstić information content (AvgIpc) is 2.36. The molecule has 19 heavy (non-hydrogen) atoms. The number of rotatable bonds is 1. The summed E-state index contributed by atoms with van der Waals surface area (Å²) in [5.74, 6) is -4.50. The summed E-state index contributed by atoms with van der Waals surface area (Å²) < 4.78 is 64.5. The third-order valence-electron chi connectivity index (χ3n) is 1.59. The molecule has 1 aromatic rings. The van der Waals surface area contributed by atoms with Gasteiger partial charge in [-0.05, 0) is 18.6 Å². The number of alkyl halides is 3. The maximum atomic E-state index is 13.0. The van der Waals surface area contributed by atoms with E-state index in [9.17, 15) is 22.0 Å². The first-order valence-corrected chi connectivity index (χ1v) is 5.72. The van der Waals surface area contributed by atoms with Crippen LogP contribution in [-0.4, -0.2) is 6.36 Å². The molecular formula is C12H18F5NO. The van der Waals surface area contributed by atoms with Crippen LogP contribution >= 0.6 is 0 Å². The molecule has 1 aromatic carbocycles. The molecule has 7 heteroatoms. The van der Waals surface area contributed by atoms with Gasteiger partial charge in [0.2, 0.25) is 5.82 Å². The van der Waals surface area contributed by atoms with E-state index in [2.05, 4.69) is 4.74 Å². The van der Waals surface area contributed by atoms with Crippen LogP contribution in [0.4, 0.5) is 27.6 Å². The second kappa shape index (κ2) is 8.55. The van der Waals surface area contributed by atoms with Crippen molar-refractivity contribution in [2.75, 3.05) is 5.73 Å². The van der Waals surface area contributed by atoms with E-state index < -0.39 is 29.4 Å². The van der Waals surface area contributed by atoms with Crippen molar-refractivity contribution >= 4 is 5.69 Å². The predicted octanol–water partition coefficient (Wildman–Crippen LogP) is 4.81.